The van der Waals surface area contributed by atoms with Crippen molar-refractivity contribution >= 4 is 40.4 Å². The highest BCUT2D eigenvalue weighted by Crippen LogP contribution is 2.27. The molecular weight excluding hydrogens is 354 g/mol. The molecule has 0 radical (unpaired) electrons. The molecule has 0 aromatic carbocycles. The van der Waals surface area contributed by atoms with Crippen LogP contribution < -0.4 is 10.2 Å². The van der Waals surface area contributed by atoms with Crippen LogP contribution in [0.5, 0.6) is 0 Å². The number of nitrogens with zero attached hydrogens (tertiary/aromatic N) is 4. The number of halogens is 1. The number of hydrogen-bond donors (Lipinski definition) is 1. The number of aryl methyl sites for hydroxylation is 1. The molecule has 2 aromatic rings. The van der Waals surface area contributed by atoms with Gasteiger partial charge in [-0.15, -0.1) is 0 Å². The Morgan fingerprint density at radius 1 is 1.36 bits per heavy atom. The SMILES string of the molecule is Cc1cnc(N2CCC(N(C)C(=S)Nc3cccnc3)CC2)c(Cl)c1. The quantitative estimate of drug-likeness (QED) is 0.824. The number of thiocarbonyl (C=S) groups is 1. The lowest BCUT2D eigenvalue weighted by atomic mass is 10.0. The number of hydrogen-bond acceptors (Lipinski definition) is 4. The van der Waals surface area contributed by atoms with Crippen molar-refractivity contribution in [1.29, 1.82) is 0 Å². The summed E-state index contributed by atoms with van der Waals surface area (Å²) >= 11 is 11.9. The summed E-state index contributed by atoms with van der Waals surface area (Å²) in [5.74, 6) is 0.879. The molecule has 1 aliphatic heterocycles. The fraction of sp³-hybridized carbons (Fsp3) is 0.389. The molecule has 3 rings (SSSR count). The van der Waals surface area contributed by atoms with Crippen molar-refractivity contribution in [3.63, 3.8) is 0 Å². The molecule has 1 N–H and O–H groups in total. The van der Waals surface area contributed by atoms with Crippen molar-refractivity contribution in [3.8, 4) is 0 Å². The van der Waals surface area contributed by atoms with Crippen LogP contribution in [0, 0.1) is 6.92 Å². The van der Waals surface area contributed by atoms with Gasteiger partial charge in [-0.1, -0.05) is 11.6 Å². The summed E-state index contributed by atoms with van der Waals surface area (Å²) in [5.41, 5.74) is 1.99. The van der Waals surface area contributed by atoms with Crippen molar-refractivity contribution in [1.82, 2.24) is 14.9 Å². The van der Waals surface area contributed by atoms with Gasteiger partial charge >= 0.3 is 0 Å². The summed E-state index contributed by atoms with van der Waals surface area (Å²) in [6, 6.07) is 6.22. The van der Waals surface area contributed by atoms with E-state index >= 15 is 0 Å². The second kappa shape index (κ2) is 7.97. The van der Waals surface area contributed by atoms with Crippen LogP contribution in [0.4, 0.5) is 11.5 Å². The molecule has 2 aromatic heterocycles. The largest absolute Gasteiger partial charge is 0.355 e. The van der Waals surface area contributed by atoms with E-state index in [2.05, 4.69) is 25.1 Å². The van der Waals surface area contributed by atoms with Crippen LogP contribution in [0.25, 0.3) is 0 Å². The predicted molar refractivity (Wildman–Crippen MR) is 107 cm³/mol. The molecule has 132 valence electrons. The molecule has 0 atom stereocenters. The van der Waals surface area contributed by atoms with Gasteiger partial charge in [0.1, 0.15) is 5.82 Å². The molecule has 5 nitrogen and oxygen atoms in total. The van der Waals surface area contributed by atoms with Crippen LogP contribution in [0.2, 0.25) is 5.02 Å². The van der Waals surface area contributed by atoms with Crippen molar-refractivity contribution < 1.29 is 0 Å². The van der Waals surface area contributed by atoms with E-state index in [9.17, 15) is 0 Å². The molecule has 25 heavy (non-hydrogen) atoms. The average Bonchev–Trinajstić information content (AvgIpc) is 2.62. The highest BCUT2D eigenvalue weighted by molar-refractivity contribution is 7.80. The summed E-state index contributed by atoms with van der Waals surface area (Å²) in [5, 5.41) is 4.69. The van der Waals surface area contributed by atoms with Gasteiger partial charge in [-0.2, -0.15) is 0 Å². The first kappa shape index (κ1) is 17.9. The molecule has 3 heterocycles. The summed E-state index contributed by atoms with van der Waals surface area (Å²) in [4.78, 5) is 13.0. The molecule has 0 bridgehead atoms. The van der Waals surface area contributed by atoms with E-state index in [1.165, 1.54) is 0 Å². The van der Waals surface area contributed by atoms with Crippen molar-refractivity contribution in [3.05, 3.63) is 47.4 Å². The van der Waals surface area contributed by atoms with Gasteiger partial charge in [0.05, 0.1) is 16.9 Å². The first-order chi connectivity index (χ1) is 12.0. The van der Waals surface area contributed by atoms with Crippen molar-refractivity contribution in [2.75, 3.05) is 30.4 Å². The Labute approximate surface area is 159 Å². The summed E-state index contributed by atoms with van der Waals surface area (Å²) in [7, 11) is 2.04. The summed E-state index contributed by atoms with van der Waals surface area (Å²) < 4.78 is 0. The second-order valence-electron chi connectivity index (χ2n) is 6.32. The molecule has 0 amide bonds. The van der Waals surface area contributed by atoms with E-state index in [4.69, 9.17) is 23.8 Å². The Morgan fingerprint density at radius 3 is 2.76 bits per heavy atom. The Morgan fingerprint density at radius 2 is 2.12 bits per heavy atom. The van der Waals surface area contributed by atoms with Gasteiger partial charge in [-0.3, -0.25) is 4.98 Å². The van der Waals surface area contributed by atoms with E-state index < -0.39 is 0 Å². The lowest BCUT2D eigenvalue weighted by Gasteiger charge is -2.38. The lowest BCUT2D eigenvalue weighted by Crippen LogP contribution is -2.47. The van der Waals surface area contributed by atoms with Crippen LogP contribution in [0.15, 0.2) is 36.8 Å². The van der Waals surface area contributed by atoms with E-state index in [0.717, 1.165) is 53.1 Å². The molecular formula is C18H22ClN5S. The van der Waals surface area contributed by atoms with Crippen LogP contribution >= 0.6 is 23.8 Å². The van der Waals surface area contributed by atoms with Crippen molar-refractivity contribution in [2.24, 2.45) is 0 Å². The predicted octanol–water partition coefficient (Wildman–Crippen LogP) is 3.74. The zero-order valence-corrected chi connectivity index (χ0v) is 16.0. The first-order valence-electron chi connectivity index (χ1n) is 8.35. The zero-order valence-electron chi connectivity index (χ0n) is 14.4. The third kappa shape index (κ3) is 4.38. The van der Waals surface area contributed by atoms with E-state index in [1.54, 1.807) is 12.4 Å². The van der Waals surface area contributed by atoms with Gasteiger partial charge in [0.2, 0.25) is 0 Å². The maximum Gasteiger partial charge on any atom is 0.173 e. The standard InChI is InChI=1S/C18H22ClN5S/c1-13-10-16(19)17(21-11-13)24-8-5-15(6-9-24)23(2)18(25)22-14-4-3-7-20-12-14/h3-4,7,10-12,15H,5-6,8-9H2,1-2H3,(H,22,25). The molecule has 1 fully saturated rings. The van der Waals surface area contributed by atoms with Gasteiger partial charge in [0, 0.05) is 38.6 Å². The van der Waals surface area contributed by atoms with E-state index in [0.29, 0.717) is 6.04 Å². The Kier molecular flexibility index (Phi) is 5.71. The van der Waals surface area contributed by atoms with Gasteiger partial charge in [0.15, 0.2) is 5.11 Å². The maximum absolute atomic E-state index is 6.35. The Hall–Kier alpha value is -1.92. The Bertz CT molecular complexity index is 732. The monoisotopic (exact) mass is 375 g/mol. The Balaban J connectivity index is 1.57. The number of pyridine rings is 2. The van der Waals surface area contributed by atoms with Crippen molar-refractivity contribution in [2.45, 2.75) is 25.8 Å². The topological polar surface area (TPSA) is 44.3 Å². The highest BCUT2D eigenvalue weighted by Gasteiger charge is 2.25. The fourth-order valence-corrected chi connectivity index (χ4v) is 3.65. The third-order valence-electron chi connectivity index (χ3n) is 4.50. The minimum atomic E-state index is 0.400. The third-order valence-corrected chi connectivity index (χ3v) is 5.17. The summed E-state index contributed by atoms with van der Waals surface area (Å²) in [6.07, 6.45) is 7.41. The minimum absolute atomic E-state index is 0.400. The molecule has 1 saturated heterocycles. The van der Waals surface area contributed by atoms with Crippen LogP contribution in [0.1, 0.15) is 18.4 Å². The highest BCUT2D eigenvalue weighted by atomic mass is 35.5. The molecule has 0 saturated carbocycles. The smallest absolute Gasteiger partial charge is 0.173 e. The van der Waals surface area contributed by atoms with E-state index in [1.807, 2.05) is 38.4 Å². The number of piperidine rings is 1. The maximum atomic E-state index is 6.35. The van der Waals surface area contributed by atoms with Crippen LogP contribution in [-0.4, -0.2) is 46.2 Å². The summed E-state index contributed by atoms with van der Waals surface area (Å²) in [6.45, 7) is 3.83. The van der Waals surface area contributed by atoms with Gasteiger partial charge < -0.3 is 15.1 Å². The fourth-order valence-electron chi connectivity index (χ4n) is 3.04. The molecule has 1 aliphatic rings. The van der Waals surface area contributed by atoms with Gasteiger partial charge in [-0.25, -0.2) is 4.98 Å². The molecule has 7 heteroatoms. The number of aromatic nitrogens is 2. The number of anilines is 2. The second-order valence-corrected chi connectivity index (χ2v) is 7.11. The molecule has 0 unspecified atom stereocenters. The normalized spacial score (nSPS) is 15.1. The molecule has 0 spiro atoms. The molecule has 0 aliphatic carbocycles. The van der Waals surface area contributed by atoms with E-state index in [-0.39, 0.29) is 0 Å². The van der Waals surface area contributed by atoms with Crippen LogP contribution in [-0.2, 0) is 0 Å². The first-order valence-corrected chi connectivity index (χ1v) is 9.14. The zero-order chi connectivity index (χ0) is 17.8. The minimum Gasteiger partial charge on any atom is -0.355 e. The average molecular weight is 376 g/mol. The van der Waals surface area contributed by atoms with Crippen LogP contribution in [0.3, 0.4) is 0 Å². The number of nitrogens with one attached hydrogen (secondary N) is 1. The van der Waals surface area contributed by atoms with Gasteiger partial charge in [0.25, 0.3) is 0 Å². The number of rotatable bonds is 3. The lowest BCUT2D eigenvalue weighted by molar-refractivity contribution is 0.308. The van der Waals surface area contributed by atoms with Gasteiger partial charge in [-0.05, 0) is 55.7 Å².